The zero-order chi connectivity index (χ0) is 16.8. The van der Waals surface area contributed by atoms with Crippen LogP contribution in [0.15, 0.2) is 34.9 Å². The number of ether oxygens (including phenoxy) is 2. The fraction of sp³-hybridized carbons (Fsp3) is 0.250. The first-order valence-corrected chi connectivity index (χ1v) is 6.87. The van der Waals surface area contributed by atoms with Gasteiger partial charge in [0.2, 0.25) is 0 Å². The van der Waals surface area contributed by atoms with E-state index in [1.807, 2.05) is 0 Å². The Hall–Kier alpha value is -2.96. The molecule has 0 radical (unpaired) electrons. The second-order valence-corrected chi connectivity index (χ2v) is 4.71. The highest BCUT2D eigenvalue weighted by molar-refractivity contribution is 5.90. The third kappa shape index (κ3) is 4.50. The van der Waals surface area contributed by atoms with Crippen LogP contribution in [-0.2, 0) is 14.3 Å². The van der Waals surface area contributed by atoms with Crippen molar-refractivity contribution in [2.45, 2.75) is 20.0 Å². The summed E-state index contributed by atoms with van der Waals surface area (Å²) in [4.78, 5) is 27.1. The molecule has 0 amide bonds. The molecule has 7 nitrogen and oxygen atoms in total. The van der Waals surface area contributed by atoms with Crippen molar-refractivity contribution in [3.05, 3.63) is 53.2 Å². The van der Waals surface area contributed by atoms with Crippen molar-refractivity contribution >= 4 is 18.0 Å². The molecule has 7 heteroatoms. The van der Waals surface area contributed by atoms with E-state index in [0.29, 0.717) is 11.4 Å². The Morgan fingerprint density at radius 2 is 1.96 bits per heavy atom. The number of aromatic nitrogens is 2. The van der Waals surface area contributed by atoms with Crippen LogP contribution < -0.4 is 0 Å². The van der Waals surface area contributed by atoms with Crippen LogP contribution in [0.1, 0.15) is 40.7 Å². The van der Waals surface area contributed by atoms with E-state index in [9.17, 15) is 9.59 Å². The van der Waals surface area contributed by atoms with Crippen LogP contribution in [0.4, 0.5) is 0 Å². The van der Waals surface area contributed by atoms with E-state index in [0.717, 1.165) is 5.56 Å². The summed E-state index contributed by atoms with van der Waals surface area (Å²) in [5.41, 5.74) is 1.18. The van der Waals surface area contributed by atoms with Crippen molar-refractivity contribution in [1.82, 2.24) is 10.1 Å². The van der Waals surface area contributed by atoms with Gasteiger partial charge in [-0.2, -0.15) is 4.98 Å². The average Bonchev–Trinajstić information content (AvgIpc) is 2.99. The van der Waals surface area contributed by atoms with Gasteiger partial charge in [0.25, 0.3) is 5.89 Å². The maximum atomic E-state index is 11.8. The van der Waals surface area contributed by atoms with Gasteiger partial charge in [0.05, 0.1) is 12.7 Å². The van der Waals surface area contributed by atoms with Gasteiger partial charge in [-0.3, -0.25) is 0 Å². The van der Waals surface area contributed by atoms with Crippen LogP contribution >= 0.6 is 0 Å². The normalized spacial score (nSPS) is 12.1. The third-order valence-electron chi connectivity index (χ3n) is 2.93. The molecule has 0 aliphatic carbocycles. The molecule has 0 saturated heterocycles. The van der Waals surface area contributed by atoms with Gasteiger partial charge in [-0.25, -0.2) is 9.59 Å². The molecule has 1 unspecified atom stereocenters. The quantitative estimate of drug-likeness (QED) is 0.618. The van der Waals surface area contributed by atoms with Gasteiger partial charge in [0.1, 0.15) is 0 Å². The molecule has 1 atom stereocenters. The van der Waals surface area contributed by atoms with Gasteiger partial charge < -0.3 is 14.0 Å². The number of hydrogen-bond donors (Lipinski definition) is 0. The Morgan fingerprint density at radius 1 is 1.26 bits per heavy atom. The summed E-state index contributed by atoms with van der Waals surface area (Å²) >= 11 is 0. The highest BCUT2D eigenvalue weighted by Gasteiger charge is 2.16. The fourth-order valence-corrected chi connectivity index (χ4v) is 1.75. The smallest absolute Gasteiger partial charge is 0.337 e. The number of benzene rings is 1. The lowest BCUT2D eigenvalue weighted by molar-refractivity contribution is -0.143. The monoisotopic (exact) mass is 316 g/mol. The molecule has 120 valence electrons. The molecule has 1 aromatic carbocycles. The second kappa shape index (κ2) is 7.35. The number of carbonyl (C=O) groups is 2. The van der Waals surface area contributed by atoms with E-state index in [2.05, 4.69) is 14.9 Å². The molecule has 0 N–H and O–H groups in total. The first-order valence-electron chi connectivity index (χ1n) is 6.87. The SMILES string of the molecule is COC(=O)c1ccc(C=CC(=O)OC(C)c2nc(C)no2)cc1. The summed E-state index contributed by atoms with van der Waals surface area (Å²) in [5.74, 6) is -0.232. The Morgan fingerprint density at radius 3 is 2.52 bits per heavy atom. The number of nitrogens with zero attached hydrogens (tertiary/aromatic N) is 2. The van der Waals surface area contributed by atoms with E-state index in [-0.39, 0.29) is 5.89 Å². The molecule has 0 bridgehead atoms. The highest BCUT2D eigenvalue weighted by Crippen LogP contribution is 2.15. The molecule has 0 aliphatic rings. The van der Waals surface area contributed by atoms with E-state index < -0.39 is 18.0 Å². The van der Waals surface area contributed by atoms with Crippen molar-refractivity contribution in [2.75, 3.05) is 7.11 Å². The fourth-order valence-electron chi connectivity index (χ4n) is 1.75. The third-order valence-corrected chi connectivity index (χ3v) is 2.93. The summed E-state index contributed by atoms with van der Waals surface area (Å²) < 4.78 is 14.7. The molecule has 1 heterocycles. The molecule has 0 aliphatic heterocycles. The van der Waals surface area contributed by atoms with Gasteiger partial charge in [-0.1, -0.05) is 17.3 Å². The van der Waals surface area contributed by atoms with Crippen molar-refractivity contribution in [2.24, 2.45) is 0 Å². The number of esters is 2. The largest absolute Gasteiger partial charge is 0.465 e. The summed E-state index contributed by atoms with van der Waals surface area (Å²) in [6, 6.07) is 6.61. The summed E-state index contributed by atoms with van der Waals surface area (Å²) in [6.45, 7) is 3.32. The number of carbonyl (C=O) groups excluding carboxylic acids is 2. The number of rotatable bonds is 5. The molecule has 2 rings (SSSR count). The standard InChI is InChI=1S/C16H16N2O5/c1-10(15-17-11(2)18-23-15)22-14(19)9-6-12-4-7-13(8-5-12)16(20)21-3/h4-10H,1-3H3. The van der Waals surface area contributed by atoms with Crippen LogP contribution in [0.5, 0.6) is 0 Å². The Kier molecular flexibility index (Phi) is 5.24. The van der Waals surface area contributed by atoms with Crippen LogP contribution in [0.3, 0.4) is 0 Å². The van der Waals surface area contributed by atoms with Gasteiger partial charge in [-0.15, -0.1) is 0 Å². The molecular formula is C16H16N2O5. The molecule has 0 spiro atoms. The lowest BCUT2D eigenvalue weighted by Gasteiger charge is -2.06. The van der Waals surface area contributed by atoms with Crippen LogP contribution in [0.25, 0.3) is 6.08 Å². The molecular weight excluding hydrogens is 300 g/mol. The van der Waals surface area contributed by atoms with Crippen molar-refractivity contribution in [3.8, 4) is 0 Å². The lowest BCUT2D eigenvalue weighted by Crippen LogP contribution is -2.06. The minimum absolute atomic E-state index is 0.242. The highest BCUT2D eigenvalue weighted by atomic mass is 16.6. The zero-order valence-electron chi connectivity index (χ0n) is 13.0. The lowest BCUT2D eigenvalue weighted by atomic mass is 10.1. The van der Waals surface area contributed by atoms with Gasteiger partial charge in [0, 0.05) is 6.08 Å². The minimum atomic E-state index is -0.630. The maximum Gasteiger partial charge on any atom is 0.337 e. The number of methoxy groups -OCH3 is 1. The Balaban J connectivity index is 1.94. The van der Waals surface area contributed by atoms with Crippen LogP contribution in [-0.4, -0.2) is 29.2 Å². The molecule has 23 heavy (non-hydrogen) atoms. The summed E-state index contributed by atoms with van der Waals surface area (Å²) in [6.07, 6.45) is 2.23. The van der Waals surface area contributed by atoms with Gasteiger partial charge in [0.15, 0.2) is 11.9 Å². The average molecular weight is 316 g/mol. The van der Waals surface area contributed by atoms with E-state index in [1.165, 1.54) is 13.2 Å². The van der Waals surface area contributed by atoms with E-state index >= 15 is 0 Å². The first kappa shape index (κ1) is 16.4. The molecule has 1 aromatic heterocycles. The van der Waals surface area contributed by atoms with Crippen molar-refractivity contribution in [1.29, 1.82) is 0 Å². The second-order valence-electron chi connectivity index (χ2n) is 4.71. The number of aryl methyl sites for hydroxylation is 1. The minimum Gasteiger partial charge on any atom is -0.465 e. The summed E-state index contributed by atoms with van der Waals surface area (Å²) in [5, 5.41) is 3.63. The van der Waals surface area contributed by atoms with Crippen molar-refractivity contribution in [3.63, 3.8) is 0 Å². The van der Waals surface area contributed by atoms with E-state index in [1.54, 1.807) is 44.2 Å². The number of hydrogen-bond acceptors (Lipinski definition) is 7. The summed E-state index contributed by atoms with van der Waals surface area (Å²) in [7, 11) is 1.32. The molecule has 0 saturated carbocycles. The van der Waals surface area contributed by atoms with Gasteiger partial charge in [-0.05, 0) is 37.6 Å². The predicted octanol–water partition coefficient (Wildman–Crippen LogP) is 2.48. The Bertz CT molecular complexity index is 718. The zero-order valence-corrected chi connectivity index (χ0v) is 13.0. The molecule has 2 aromatic rings. The maximum absolute atomic E-state index is 11.8. The van der Waals surface area contributed by atoms with E-state index in [4.69, 9.17) is 9.26 Å². The van der Waals surface area contributed by atoms with Gasteiger partial charge >= 0.3 is 11.9 Å². The Labute approximate surface area is 132 Å². The predicted molar refractivity (Wildman–Crippen MR) is 80.4 cm³/mol. The topological polar surface area (TPSA) is 91.5 Å². The van der Waals surface area contributed by atoms with Crippen LogP contribution in [0.2, 0.25) is 0 Å². The first-order chi connectivity index (χ1) is 11.0. The van der Waals surface area contributed by atoms with Crippen LogP contribution in [0, 0.1) is 6.92 Å². The molecule has 0 fully saturated rings. The van der Waals surface area contributed by atoms with Crippen molar-refractivity contribution < 1.29 is 23.6 Å².